The number of benzene rings is 1. The molecule has 0 spiro atoms. The van der Waals surface area contributed by atoms with Crippen LogP contribution in [0.3, 0.4) is 0 Å². The molecule has 0 amide bonds. The third-order valence-corrected chi connectivity index (χ3v) is 5.08. The summed E-state index contributed by atoms with van der Waals surface area (Å²) in [5.74, 6) is 0. The molecule has 2 saturated heterocycles. The molecule has 2 fully saturated rings. The first-order valence-electron chi connectivity index (χ1n) is 7.84. The second-order valence-corrected chi connectivity index (χ2v) is 6.56. The maximum Gasteiger partial charge on any atom is 0.0737 e. The average Bonchev–Trinajstić information content (AvgIpc) is 3.17. The summed E-state index contributed by atoms with van der Waals surface area (Å²) in [7, 11) is 0. The lowest BCUT2D eigenvalue weighted by Gasteiger charge is -2.25. The van der Waals surface area contributed by atoms with Crippen molar-refractivity contribution in [2.45, 2.75) is 25.3 Å². The number of aromatic nitrogens is 1. The molecule has 3 nitrogen and oxygen atoms in total. The molecule has 21 heavy (non-hydrogen) atoms. The van der Waals surface area contributed by atoms with E-state index in [1.54, 1.807) is 0 Å². The topological polar surface area (TPSA) is 19.4 Å². The average molecular weight is 302 g/mol. The molecule has 3 heterocycles. The van der Waals surface area contributed by atoms with Crippen LogP contribution in [0.2, 0.25) is 5.02 Å². The minimum atomic E-state index is 0.725. The van der Waals surface area contributed by atoms with E-state index < -0.39 is 0 Å². The van der Waals surface area contributed by atoms with Crippen molar-refractivity contribution in [3.8, 4) is 0 Å². The Bertz CT molecular complexity index is 652. The molecule has 2 aliphatic heterocycles. The summed E-state index contributed by atoms with van der Waals surface area (Å²) in [6.07, 6.45) is 5.91. The molecular formula is C17H20ClN3. The standard InChI is InChI=1S/C17H20ClN3/c18-13-3-4-15-16(11-13)19-7-5-17(15)21-10-6-14(12-21)20-8-1-2-9-20/h3-5,7,11,14H,1-2,6,8-10,12H2. The van der Waals surface area contributed by atoms with Crippen molar-refractivity contribution in [2.75, 3.05) is 31.1 Å². The first kappa shape index (κ1) is 13.4. The van der Waals surface area contributed by atoms with Crippen LogP contribution >= 0.6 is 11.6 Å². The SMILES string of the molecule is Clc1ccc2c(N3CCC(N4CCCC4)C3)ccnc2c1. The molecule has 0 aliphatic carbocycles. The first-order chi connectivity index (χ1) is 10.3. The smallest absolute Gasteiger partial charge is 0.0737 e. The molecule has 0 bridgehead atoms. The van der Waals surface area contributed by atoms with Crippen molar-refractivity contribution in [2.24, 2.45) is 0 Å². The van der Waals surface area contributed by atoms with Crippen molar-refractivity contribution in [1.29, 1.82) is 0 Å². The summed E-state index contributed by atoms with van der Waals surface area (Å²) in [5.41, 5.74) is 2.29. The van der Waals surface area contributed by atoms with E-state index in [0.29, 0.717) is 0 Å². The summed E-state index contributed by atoms with van der Waals surface area (Å²) in [6, 6.07) is 8.88. The molecule has 1 unspecified atom stereocenters. The van der Waals surface area contributed by atoms with Crippen LogP contribution in [0.25, 0.3) is 10.9 Å². The van der Waals surface area contributed by atoms with Gasteiger partial charge in [0.2, 0.25) is 0 Å². The van der Waals surface area contributed by atoms with Crippen LogP contribution in [0.5, 0.6) is 0 Å². The largest absolute Gasteiger partial charge is 0.369 e. The zero-order valence-electron chi connectivity index (χ0n) is 12.1. The fraction of sp³-hybridized carbons (Fsp3) is 0.471. The molecule has 0 radical (unpaired) electrons. The van der Waals surface area contributed by atoms with E-state index in [2.05, 4.69) is 26.9 Å². The highest BCUT2D eigenvalue weighted by Crippen LogP contribution is 2.31. The van der Waals surface area contributed by atoms with Gasteiger partial charge in [-0.05, 0) is 56.6 Å². The number of rotatable bonds is 2. The summed E-state index contributed by atoms with van der Waals surface area (Å²) in [4.78, 5) is 9.63. The molecule has 110 valence electrons. The molecule has 1 aromatic carbocycles. The number of hydrogen-bond donors (Lipinski definition) is 0. The van der Waals surface area contributed by atoms with Crippen molar-refractivity contribution in [1.82, 2.24) is 9.88 Å². The van der Waals surface area contributed by atoms with Crippen molar-refractivity contribution in [3.63, 3.8) is 0 Å². The van der Waals surface area contributed by atoms with Gasteiger partial charge in [-0.3, -0.25) is 9.88 Å². The monoisotopic (exact) mass is 301 g/mol. The van der Waals surface area contributed by atoms with Crippen LogP contribution in [-0.4, -0.2) is 42.1 Å². The van der Waals surface area contributed by atoms with Gasteiger partial charge >= 0.3 is 0 Å². The zero-order valence-corrected chi connectivity index (χ0v) is 12.9. The van der Waals surface area contributed by atoms with Gasteiger partial charge in [0.15, 0.2) is 0 Å². The van der Waals surface area contributed by atoms with Gasteiger partial charge in [-0.25, -0.2) is 0 Å². The van der Waals surface area contributed by atoms with E-state index in [4.69, 9.17) is 11.6 Å². The minimum Gasteiger partial charge on any atom is -0.369 e. The summed E-state index contributed by atoms with van der Waals surface area (Å²) >= 11 is 6.08. The maximum atomic E-state index is 6.08. The Morgan fingerprint density at radius 3 is 2.81 bits per heavy atom. The number of hydrogen-bond acceptors (Lipinski definition) is 3. The normalized spacial score (nSPS) is 23.3. The molecule has 1 aromatic heterocycles. The fourth-order valence-electron chi connectivity index (χ4n) is 3.75. The van der Waals surface area contributed by atoms with Crippen LogP contribution in [-0.2, 0) is 0 Å². The van der Waals surface area contributed by atoms with Crippen molar-refractivity contribution >= 4 is 28.2 Å². The third-order valence-electron chi connectivity index (χ3n) is 4.84. The minimum absolute atomic E-state index is 0.725. The Labute approximate surface area is 130 Å². The predicted octanol–water partition coefficient (Wildman–Crippen LogP) is 3.56. The van der Waals surface area contributed by atoms with Crippen LogP contribution < -0.4 is 4.90 Å². The Kier molecular flexibility index (Phi) is 3.48. The number of nitrogens with zero attached hydrogens (tertiary/aromatic N) is 3. The number of likely N-dealkylation sites (tertiary alicyclic amines) is 1. The van der Waals surface area contributed by atoms with Crippen LogP contribution in [0, 0.1) is 0 Å². The second kappa shape index (κ2) is 5.47. The number of pyridine rings is 1. The highest BCUT2D eigenvalue weighted by Gasteiger charge is 2.29. The van der Waals surface area contributed by atoms with E-state index in [1.807, 2.05) is 18.3 Å². The lowest BCUT2D eigenvalue weighted by atomic mass is 10.1. The number of halogens is 1. The van der Waals surface area contributed by atoms with Gasteiger partial charge in [-0.15, -0.1) is 0 Å². The number of fused-ring (bicyclic) bond motifs is 1. The van der Waals surface area contributed by atoms with E-state index in [1.165, 1.54) is 43.4 Å². The van der Waals surface area contributed by atoms with Crippen LogP contribution in [0.15, 0.2) is 30.5 Å². The fourth-order valence-corrected chi connectivity index (χ4v) is 3.91. The highest BCUT2D eigenvalue weighted by molar-refractivity contribution is 6.31. The van der Waals surface area contributed by atoms with E-state index >= 15 is 0 Å². The zero-order chi connectivity index (χ0) is 14.2. The lowest BCUT2D eigenvalue weighted by Crippen LogP contribution is -2.35. The van der Waals surface area contributed by atoms with Crippen LogP contribution in [0.4, 0.5) is 5.69 Å². The van der Waals surface area contributed by atoms with E-state index in [0.717, 1.165) is 29.7 Å². The van der Waals surface area contributed by atoms with Gasteiger partial charge in [0.1, 0.15) is 0 Å². The Hall–Kier alpha value is -1.32. The maximum absolute atomic E-state index is 6.08. The van der Waals surface area contributed by atoms with Crippen LogP contribution in [0.1, 0.15) is 19.3 Å². The Morgan fingerprint density at radius 2 is 1.95 bits per heavy atom. The summed E-state index contributed by atoms with van der Waals surface area (Å²) in [5, 5.41) is 1.97. The van der Waals surface area contributed by atoms with Gasteiger partial charge < -0.3 is 4.90 Å². The Balaban J connectivity index is 1.62. The van der Waals surface area contributed by atoms with Crippen molar-refractivity contribution < 1.29 is 0 Å². The molecule has 4 heteroatoms. The number of anilines is 1. The van der Waals surface area contributed by atoms with Gasteiger partial charge in [0, 0.05) is 41.4 Å². The lowest BCUT2D eigenvalue weighted by molar-refractivity contribution is 0.260. The van der Waals surface area contributed by atoms with E-state index in [9.17, 15) is 0 Å². The van der Waals surface area contributed by atoms with E-state index in [-0.39, 0.29) is 0 Å². The molecule has 0 N–H and O–H groups in total. The highest BCUT2D eigenvalue weighted by atomic mass is 35.5. The van der Waals surface area contributed by atoms with Gasteiger partial charge in [0.05, 0.1) is 5.52 Å². The molecule has 4 rings (SSSR count). The van der Waals surface area contributed by atoms with Crippen molar-refractivity contribution in [3.05, 3.63) is 35.5 Å². The quantitative estimate of drug-likeness (QED) is 0.845. The van der Waals surface area contributed by atoms with Gasteiger partial charge in [0.25, 0.3) is 0 Å². The third kappa shape index (κ3) is 2.49. The molecule has 0 saturated carbocycles. The first-order valence-corrected chi connectivity index (χ1v) is 8.22. The molecule has 2 aliphatic rings. The predicted molar refractivity (Wildman–Crippen MR) is 88.2 cm³/mol. The molecule has 1 atom stereocenters. The Morgan fingerprint density at radius 1 is 1.10 bits per heavy atom. The van der Waals surface area contributed by atoms with Gasteiger partial charge in [-0.2, -0.15) is 0 Å². The molecular weight excluding hydrogens is 282 g/mol. The summed E-state index contributed by atoms with van der Waals surface area (Å²) < 4.78 is 0. The molecule has 2 aromatic rings. The second-order valence-electron chi connectivity index (χ2n) is 6.12. The summed E-state index contributed by atoms with van der Waals surface area (Å²) in [6.45, 7) is 4.85. The van der Waals surface area contributed by atoms with Gasteiger partial charge in [-0.1, -0.05) is 11.6 Å².